The molecule has 4 nitrogen and oxygen atoms in total. The lowest BCUT2D eigenvalue weighted by Crippen LogP contribution is -2.28. The standard InChI is InChI=1S/C10H17NO3/c1-3-4-8(2)5-6-9(12)11-7-10(13)14/h2-7H2,1H3,(H,11,12)(H,13,14). The summed E-state index contributed by atoms with van der Waals surface area (Å²) in [6.45, 7) is 5.56. The first-order chi connectivity index (χ1) is 6.56. The summed E-state index contributed by atoms with van der Waals surface area (Å²) in [6, 6.07) is 0. The highest BCUT2D eigenvalue weighted by molar-refractivity contribution is 5.81. The van der Waals surface area contributed by atoms with E-state index < -0.39 is 5.97 Å². The zero-order valence-corrected chi connectivity index (χ0v) is 8.51. The van der Waals surface area contributed by atoms with E-state index in [-0.39, 0.29) is 12.5 Å². The molecule has 0 fully saturated rings. The van der Waals surface area contributed by atoms with Crippen LogP contribution in [0.5, 0.6) is 0 Å². The van der Waals surface area contributed by atoms with Gasteiger partial charge in [-0.15, -0.1) is 0 Å². The summed E-state index contributed by atoms with van der Waals surface area (Å²) in [4.78, 5) is 21.2. The lowest BCUT2D eigenvalue weighted by Gasteiger charge is -2.04. The van der Waals surface area contributed by atoms with Crippen molar-refractivity contribution in [3.05, 3.63) is 12.2 Å². The lowest BCUT2D eigenvalue weighted by atomic mass is 10.1. The minimum Gasteiger partial charge on any atom is -0.480 e. The maximum atomic E-state index is 11.0. The van der Waals surface area contributed by atoms with Gasteiger partial charge < -0.3 is 10.4 Å². The number of carbonyl (C=O) groups is 2. The number of hydrogen-bond acceptors (Lipinski definition) is 2. The fourth-order valence-corrected chi connectivity index (χ4v) is 1.03. The number of rotatable bonds is 7. The number of carboxylic acids is 1. The molecule has 0 bridgehead atoms. The molecule has 0 aliphatic carbocycles. The first-order valence-electron chi connectivity index (χ1n) is 4.71. The predicted octanol–water partition coefficient (Wildman–Crippen LogP) is 1.32. The van der Waals surface area contributed by atoms with Crippen LogP contribution in [0.4, 0.5) is 0 Å². The molecule has 0 atom stereocenters. The van der Waals surface area contributed by atoms with Crippen LogP contribution in [-0.4, -0.2) is 23.5 Å². The molecule has 2 N–H and O–H groups in total. The SMILES string of the molecule is C=C(CCC)CCC(=O)NCC(=O)O. The van der Waals surface area contributed by atoms with Gasteiger partial charge >= 0.3 is 5.97 Å². The second kappa shape index (κ2) is 7.12. The van der Waals surface area contributed by atoms with E-state index in [0.717, 1.165) is 18.4 Å². The van der Waals surface area contributed by atoms with Crippen LogP contribution >= 0.6 is 0 Å². The molecule has 14 heavy (non-hydrogen) atoms. The van der Waals surface area contributed by atoms with Crippen LogP contribution in [-0.2, 0) is 9.59 Å². The monoisotopic (exact) mass is 199 g/mol. The zero-order chi connectivity index (χ0) is 11.0. The smallest absolute Gasteiger partial charge is 0.322 e. The maximum absolute atomic E-state index is 11.0. The van der Waals surface area contributed by atoms with Crippen molar-refractivity contribution < 1.29 is 14.7 Å². The molecule has 0 rings (SSSR count). The van der Waals surface area contributed by atoms with Crippen molar-refractivity contribution in [2.45, 2.75) is 32.6 Å². The molecule has 80 valence electrons. The Morgan fingerprint density at radius 3 is 2.43 bits per heavy atom. The van der Waals surface area contributed by atoms with Crippen molar-refractivity contribution in [3.63, 3.8) is 0 Å². The number of carboxylic acid groups (broad SMARTS) is 1. The second-order valence-electron chi connectivity index (χ2n) is 3.17. The average Bonchev–Trinajstić information content (AvgIpc) is 2.12. The summed E-state index contributed by atoms with van der Waals surface area (Å²) in [5.74, 6) is -1.25. The van der Waals surface area contributed by atoms with Gasteiger partial charge in [0, 0.05) is 6.42 Å². The van der Waals surface area contributed by atoms with Crippen LogP contribution in [0.2, 0.25) is 0 Å². The van der Waals surface area contributed by atoms with Crippen molar-refractivity contribution in [3.8, 4) is 0 Å². The van der Waals surface area contributed by atoms with Gasteiger partial charge in [0.1, 0.15) is 6.54 Å². The third kappa shape index (κ3) is 7.34. The minimum atomic E-state index is -1.02. The number of amides is 1. The van der Waals surface area contributed by atoms with Crippen molar-refractivity contribution in [1.82, 2.24) is 5.32 Å². The molecule has 0 radical (unpaired) electrons. The molecule has 0 aliphatic rings. The van der Waals surface area contributed by atoms with Crippen molar-refractivity contribution in [2.24, 2.45) is 0 Å². The second-order valence-corrected chi connectivity index (χ2v) is 3.17. The van der Waals surface area contributed by atoms with Crippen LogP contribution < -0.4 is 5.32 Å². The first kappa shape index (κ1) is 12.7. The van der Waals surface area contributed by atoms with E-state index in [9.17, 15) is 9.59 Å². The van der Waals surface area contributed by atoms with Crippen LogP contribution in [0.1, 0.15) is 32.6 Å². The normalized spacial score (nSPS) is 9.50. The quantitative estimate of drug-likeness (QED) is 0.608. The topological polar surface area (TPSA) is 66.4 Å². The number of hydrogen-bond donors (Lipinski definition) is 2. The fourth-order valence-electron chi connectivity index (χ4n) is 1.03. The zero-order valence-electron chi connectivity index (χ0n) is 8.51. The summed E-state index contributed by atoms with van der Waals surface area (Å²) in [6.07, 6.45) is 2.91. The Labute approximate surface area is 84.0 Å². The van der Waals surface area contributed by atoms with Gasteiger partial charge in [-0.2, -0.15) is 0 Å². The Kier molecular flexibility index (Phi) is 6.45. The molecular formula is C10H17NO3. The molecule has 4 heteroatoms. The summed E-state index contributed by atoms with van der Waals surface area (Å²) < 4.78 is 0. The number of aliphatic carboxylic acids is 1. The maximum Gasteiger partial charge on any atom is 0.322 e. The van der Waals surface area contributed by atoms with E-state index in [4.69, 9.17) is 5.11 Å². The molecule has 1 amide bonds. The molecule has 0 aromatic heterocycles. The van der Waals surface area contributed by atoms with E-state index in [1.165, 1.54) is 0 Å². The van der Waals surface area contributed by atoms with Crippen LogP contribution in [0, 0.1) is 0 Å². The van der Waals surface area contributed by atoms with E-state index in [2.05, 4.69) is 18.8 Å². The van der Waals surface area contributed by atoms with Crippen molar-refractivity contribution in [2.75, 3.05) is 6.54 Å². The average molecular weight is 199 g/mol. The Hall–Kier alpha value is -1.32. The summed E-state index contributed by atoms with van der Waals surface area (Å²) in [5, 5.41) is 10.6. The molecule has 0 aliphatic heterocycles. The largest absolute Gasteiger partial charge is 0.480 e. The van der Waals surface area contributed by atoms with Gasteiger partial charge in [-0.05, 0) is 12.8 Å². The van der Waals surface area contributed by atoms with Gasteiger partial charge in [0.2, 0.25) is 5.91 Å². The van der Waals surface area contributed by atoms with Gasteiger partial charge in [0.05, 0.1) is 0 Å². The minimum absolute atomic E-state index is 0.232. The number of carbonyl (C=O) groups excluding carboxylic acids is 1. The third-order valence-corrected chi connectivity index (χ3v) is 1.75. The van der Waals surface area contributed by atoms with Gasteiger partial charge in [-0.1, -0.05) is 25.5 Å². The molecule has 0 heterocycles. The van der Waals surface area contributed by atoms with Gasteiger partial charge in [-0.3, -0.25) is 9.59 Å². The van der Waals surface area contributed by atoms with E-state index in [1.54, 1.807) is 0 Å². The molecule has 0 unspecified atom stereocenters. The van der Waals surface area contributed by atoms with Crippen LogP contribution in [0.15, 0.2) is 12.2 Å². The van der Waals surface area contributed by atoms with Crippen LogP contribution in [0.3, 0.4) is 0 Å². The van der Waals surface area contributed by atoms with Gasteiger partial charge in [-0.25, -0.2) is 0 Å². The highest BCUT2D eigenvalue weighted by Crippen LogP contribution is 2.08. The third-order valence-electron chi connectivity index (χ3n) is 1.75. The van der Waals surface area contributed by atoms with Crippen molar-refractivity contribution in [1.29, 1.82) is 0 Å². The molecular weight excluding hydrogens is 182 g/mol. The Balaban J connectivity index is 3.53. The lowest BCUT2D eigenvalue weighted by molar-refractivity contribution is -0.137. The van der Waals surface area contributed by atoms with Crippen molar-refractivity contribution >= 4 is 11.9 Å². The summed E-state index contributed by atoms with van der Waals surface area (Å²) >= 11 is 0. The predicted molar refractivity (Wildman–Crippen MR) is 53.9 cm³/mol. The van der Waals surface area contributed by atoms with Gasteiger partial charge in [0.15, 0.2) is 0 Å². The summed E-state index contributed by atoms with van der Waals surface area (Å²) in [7, 11) is 0. The fraction of sp³-hybridized carbons (Fsp3) is 0.600. The molecule has 0 aromatic carbocycles. The Morgan fingerprint density at radius 2 is 1.93 bits per heavy atom. The summed E-state index contributed by atoms with van der Waals surface area (Å²) in [5.41, 5.74) is 1.04. The molecule has 0 spiro atoms. The van der Waals surface area contributed by atoms with E-state index >= 15 is 0 Å². The molecule has 0 aromatic rings. The van der Waals surface area contributed by atoms with Crippen LogP contribution in [0.25, 0.3) is 0 Å². The molecule has 0 saturated carbocycles. The Bertz CT molecular complexity index is 223. The molecule has 0 saturated heterocycles. The first-order valence-corrected chi connectivity index (χ1v) is 4.71. The number of nitrogens with one attached hydrogen (secondary N) is 1. The van der Waals surface area contributed by atoms with Gasteiger partial charge in [0.25, 0.3) is 0 Å². The Morgan fingerprint density at radius 1 is 1.29 bits per heavy atom. The number of allylic oxidation sites excluding steroid dienone is 1. The highest BCUT2D eigenvalue weighted by atomic mass is 16.4. The van der Waals surface area contributed by atoms with E-state index in [1.807, 2.05) is 0 Å². The van der Waals surface area contributed by atoms with E-state index in [0.29, 0.717) is 12.8 Å². The highest BCUT2D eigenvalue weighted by Gasteiger charge is 2.04.